The fraction of sp³-hybridized carbons (Fsp3) is 0.154. The van der Waals surface area contributed by atoms with Gasteiger partial charge in [-0.2, -0.15) is 8.42 Å². The predicted molar refractivity (Wildman–Crippen MR) is 83.3 cm³/mol. The van der Waals surface area contributed by atoms with Crippen LogP contribution in [0.1, 0.15) is 0 Å². The summed E-state index contributed by atoms with van der Waals surface area (Å²) in [6.07, 6.45) is 1.03. The summed E-state index contributed by atoms with van der Waals surface area (Å²) in [6.45, 7) is 0. The van der Waals surface area contributed by atoms with Gasteiger partial charge in [0.25, 0.3) is 10.1 Å². The maximum atomic E-state index is 12.1. The monoisotopic (exact) mass is 359 g/mol. The Balaban J connectivity index is 1.97. The summed E-state index contributed by atoms with van der Waals surface area (Å²) in [5.74, 6) is 0.235. The summed E-state index contributed by atoms with van der Waals surface area (Å²) in [7, 11) is -7.61. The quantitative estimate of drug-likeness (QED) is 0.621. The Morgan fingerprint density at radius 1 is 0.955 bits per heavy atom. The maximum Gasteiger partial charge on any atom is 0.296 e. The van der Waals surface area contributed by atoms with E-state index in [0.29, 0.717) is 5.03 Å². The number of benzene rings is 1. The molecule has 0 saturated heterocycles. The molecule has 6 nitrogen and oxygen atoms in total. The molecule has 0 bridgehead atoms. The largest absolute Gasteiger partial charge is 0.296 e. The number of hydrogen-bond donors (Lipinski definition) is 1. The van der Waals surface area contributed by atoms with Gasteiger partial charge in [0.1, 0.15) is 4.90 Å². The summed E-state index contributed by atoms with van der Waals surface area (Å²) in [5.41, 5.74) is 0. The van der Waals surface area contributed by atoms with Crippen molar-refractivity contribution in [3.05, 3.63) is 48.7 Å². The third-order valence-electron chi connectivity index (χ3n) is 2.71. The van der Waals surface area contributed by atoms with E-state index in [4.69, 9.17) is 4.55 Å². The Morgan fingerprint density at radius 2 is 1.64 bits per heavy atom. The van der Waals surface area contributed by atoms with Crippen LogP contribution in [0.5, 0.6) is 0 Å². The molecule has 1 N–H and O–H groups in total. The van der Waals surface area contributed by atoms with E-state index >= 15 is 0 Å². The lowest BCUT2D eigenvalue weighted by atomic mass is 10.4. The third-order valence-corrected chi connectivity index (χ3v) is 6.48. The van der Waals surface area contributed by atoms with Crippen molar-refractivity contribution in [2.75, 3.05) is 11.5 Å². The van der Waals surface area contributed by atoms with Gasteiger partial charge in [-0.1, -0.05) is 18.2 Å². The molecular formula is C13H13NO5S3. The third kappa shape index (κ3) is 4.54. The number of sulfone groups is 1. The van der Waals surface area contributed by atoms with Crippen molar-refractivity contribution < 1.29 is 21.4 Å². The van der Waals surface area contributed by atoms with E-state index in [2.05, 4.69) is 4.98 Å². The van der Waals surface area contributed by atoms with E-state index in [1.54, 1.807) is 30.3 Å². The van der Waals surface area contributed by atoms with Gasteiger partial charge in [-0.25, -0.2) is 13.4 Å². The molecule has 0 fully saturated rings. The average Bonchev–Trinajstić information content (AvgIpc) is 2.48. The molecule has 0 aliphatic carbocycles. The van der Waals surface area contributed by atoms with Crippen LogP contribution in [0.15, 0.2) is 63.5 Å². The molecule has 0 aliphatic rings. The molecular weight excluding hydrogens is 346 g/mol. The SMILES string of the molecule is O=S(=O)(O)c1ccc(SCCS(=O)(=O)c2ccccc2)nc1. The van der Waals surface area contributed by atoms with Gasteiger partial charge in [0.15, 0.2) is 9.84 Å². The van der Waals surface area contributed by atoms with Gasteiger partial charge < -0.3 is 0 Å². The second-order valence-corrected chi connectivity index (χ2v) is 8.93. The molecule has 0 saturated carbocycles. The molecule has 0 unspecified atom stereocenters. The van der Waals surface area contributed by atoms with Crippen molar-refractivity contribution in [1.82, 2.24) is 4.98 Å². The first kappa shape index (κ1) is 16.9. The Hall–Kier alpha value is -1.42. The minimum absolute atomic E-state index is 0.0522. The summed E-state index contributed by atoms with van der Waals surface area (Å²) in [6, 6.07) is 10.8. The van der Waals surface area contributed by atoms with Crippen molar-refractivity contribution in [1.29, 1.82) is 0 Å². The molecule has 0 amide bonds. The highest BCUT2D eigenvalue weighted by atomic mass is 32.2. The van der Waals surface area contributed by atoms with Gasteiger partial charge in [0.2, 0.25) is 0 Å². The predicted octanol–water partition coefficient (Wildman–Crippen LogP) is 1.89. The molecule has 2 aromatic rings. The Kier molecular flexibility index (Phi) is 5.22. The zero-order valence-corrected chi connectivity index (χ0v) is 13.7. The van der Waals surface area contributed by atoms with E-state index in [1.165, 1.54) is 23.9 Å². The van der Waals surface area contributed by atoms with Gasteiger partial charge in [0.05, 0.1) is 15.7 Å². The molecule has 1 heterocycles. The van der Waals surface area contributed by atoms with Crippen molar-refractivity contribution in [3.63, 3.8) is 0 Å². The average molecular weight is 359 g/mol. The van der Waals surface area contributed by atoms with E-state index in [-0.39, 0.29) is 21.3 Å². The highest BCUT2D eigenvalue weighted by Crippen LogP contribution is 2.19. The number of nitrogens with zero attached hydrogens (tertiary/aromatic N) is 1. The first-order valence-corrected chi connectivity index (χ1v) is 10.2. The van der Waals surface area contributed by atoms with Gasteiger partial charge >= 0.3 is 0 Å². The maximum absolute atomic E-state index is 12.1. The van der Waals surface area contributed by atoms with Crippen molar-refractivity contribution >= 4 is 31.7 Å². The van der Waals surface area contributed by atoms with E-state index in [9.17, 15) is 16.8 Å². The van der Waals surface area contributed by atoms with Crippen LogP contribution in [-0.2, 0) is 20.0 Å². The smallest absolute Gasteiger partial charge is 0.282 e. The number of thioether (sulfide) groups is 1. The van der Waals surface area contributed by atoms with Crippen molar-refractivity contribution in [2.45, 2.75) is 14.8 Å². The van der Waals surface area contributed by atoms with Crippen LogP contribution >= 0.6 is 11.8 Å². The van der Waals surface area contributed by atoms with E-state index in [0.717, 1.165) is 6.20 Å². The molecule has 118 valence electrons. The molecule has 1 aromatic carbocycles. The van der Waals surface area contributed by atoms with Gasteiger partial charge in [0, 0.05) is 11.9 Å². The first-order chi connectivity index (χ1) is 10.3. The zero-order chi connectivity index (χ0) is 16.2. The van der Waals surface area contributed by atoms with Gasteiger partial charge in [-0.15, -0.1) is 11.8 Å². The lowest BCUT2D eigenvalue weighted by Gasteiger charge is -2.04. The Labute approximate surface area is 133 Å². The standard InChI is InChI=1S/C13H13NO5S3/c15-21(16,11-4-2-1-3-5-11)9-8-20-13-7-6-12(10-14-13)22(17,18)19/h1-7,10H,8-9H2,(H,17,18,19). The Bertz CT molecular complexity index is 831. The lowest BCUT2D eigenvalue weighted by Crippen LogP contribution is -2.08. The highest BCUT2D eigenvalue weighted by Gasteiger charge is 2.14. The number of hydrogen-bond acceptors (Lipinski definition) is 6. The second-order valence-electron chi connectivity index (χ2n) is 4.29. The van der Waals surface area contributed by atoms with Crippen LogP contribution < -0.4 is 0 Å². The molecule has 9 heteroatoms. The fourth-order valence-corrected chi connectivity index (χ4v) is 4.55. The van der Waals surface area contributed by atoms with E-state index < -0.39 is 20.0 Å². The molecule has 0 radical (unpaired) electrons. The number of rotatable bonds is 6. The molecule has 0 atom stereocenters. The molecule has 1 aromatic heterocycles. The normalized spacial score (nSPS) is 12.2. The minimum atomic E-state index is -4.27. The fourth-order valence-electron chi connectivity index (χ4n) is 1.61. The van der Waals surface area contributed by atoms with Crippen molar-refractivity contribution in [3.8, 4) is 0 Å². The minimum Gasteiger partial charge on any atom is -0.282 e. The topological polar surface area (TPSA) is 101 Å². The second kappa shape index (κ2) is 6.78. The van der Waals surface area contributed by atoms with Gasteiger partial charge in [-0.05, 0) is 24.3 Å². The van der Waals surface area contributed by atoms with Gasteiger partial charge in [-0.3, -0.25) is 4.55 Å². The summed E-state index contributed by atoms with van der Waals surface area (Å²) >= 11 is 1.19. The Morgan fingerprint density at radius 3 is 2.18 bits per heavy atom. The van der Waals surface area contributed by atoms with Crippen LogP contribution in [0.2, 0.25) is 0 Å². The van der Waals surface area contributed by atoms with Crippen LogP contribution in [0.25, 0.3) is 0 Å². The van der Waals surface area contributed by atoms with Crippen LogP contribution in [0.4, 0.5) is 0 Å². The first-order valence-electron chi connectivity index (χ1n) is 6.13. The summed E-state index contributed by atoms with van der Waals surface area (Å²) < 4.78 is 54.7. The molecule has 0 spiro atoms. The number of pyridine rings is 1. The lowest BCUT2D eigenvalue weighted by molar-refractivity contribution is 0.482. The number of aromatic nitrogens is 1. The molecule has 2 rings (SSSR count). The van der Waals surface area contributed by atoms with Crippen LogP contribution in [0.3, 0.4) is 0 Å². The molecule has 22 heavy (non-hydrogen) atoms. The summed E-state index contributed by atoms with van der Waals surface area (Å²) in [4.78, 5) is 3.84. The zero-order valence-electron chi connectivity index (χ0n) is 11.3. The summed E-state index contributed by atoms with van der Waals surface area (Å²) in [5, 5.41) is 0.482. The van der Waals surface area contributed by atoms with E-state index in [1.807, 2.05) is 0 Å². The van der Waals surface area contributed by atoms with Crippen LogP contribution in [0, 0.1) is 0 Å². The highest BCUT2D eigenvalue weighted by molar-refractivity contribution is 8.00. The van der Waals surface area contributed by atoms with Crippen LogP contribution in [-0.4, -0.2) is 37.9 Å². The van der Waals surface area contributed by atoms with Crippen molar-refractivity contribution in [2.24, 2.45) is 0 Å². The molecule has 0 aliphatic heterocycles.